The minimum Gasteiger partial charge on any atom is -0.341 e. The van der Waals surface area contributed by atoms with Gasteiger partial charge in [0.1, 0.15) is 0 Å². The van der Waals surface area contributed by atoms with E-state index in [2.05, 4.69) is 37.9 Å². The van der Waals surface area contributed by atoms with E-state index in [9.17, 15) is 4.79 Å². The Balaban J connectivity index is 2.00. The molecule has 22 heavy (non-hydrogen) atoms. The highest BCUT2D eigenvalue weighted by Crippen LogP contribution is 2.17. The molecule has 0 radical (unpaired) electrons. The van der Waals surface area contributed by atoms with E-state index in [-0.39, 0.29) is 5.91 Å². The zero-order chi connectivity index (χ0) is 16.1. The van der Waals surface area contributed by atoms with Gasteiger partial charge in [0, 0.05) is 19.3 Å². The van der Waals surface area contributed by atoms with Gasteiger partial charge in [-0.3, -0.25) is 9.20 Å². The summed E-state index contributed by atoms with van der Waals surface area (Å²) in [6.07, 6.45) is 1.92. The molecule has 2 aromatic rings. The van der Waals surface area contributed by atoms with Gasteiger partial charge in [-0.1, -0.05) is 45.5 Å². The minimum atomic E-state index is 0.167. The van der Waals surface area contributed by atoms with Crippen molar-refractivity contribution < 1.29 is 4.79 Å². The first-order chi connectivity index (χ1) is 10.5. The van der Waals surface area contributed by atoms with E-state index in [0.29, 0.717) is 17.6 Å². The Morgan fingerprint density at radius 2 is 1.86 bits per heavy atom. The molecule has 0 fully saturated rings. The summed E-state index contributed by atoms with van der Waals surface area (Å²) < 4.78 is 1.91. The molecule has 0 aliphatic rings. The summed E-state index contributed by atoms with van der Waals surface area (Å²) in [6, 6.07) is 5.77. The lowest BCUT2D eigenvalue weighted by atomic mass is 10.1. The molecular weight excluding hydrogens is 296 g/mol. The molecule has 0 saturated carbocycles. The molecular formula is C16H24N4OS. The number of thioether (sulfide) groups is 1. The first-order valence-electron chi connectivity index (χ1n) is 7.67. The Morgan fingerprint density at radius 3 is 2.50 bits per heavy atom. The molecule has 0 unspecified atom stereocenters. The van der Waals surface area contributed by atoms with E-state index in [1.807, 2.05) is 33.7 Å². The molecule has 2 aromatic heterocycles. The molecule has 0 aromatic carbocycles. The molecule has 0 aliphatic carbocycles. The zero-order valence-corrected chi connectivity index (χ0v) is 14.5. The minimum absolute atomic E-state index is 0.167. The second kappa shape index (κ2) is 7.63. The van der Waals surface area contributed by atoms with E-state index in [4.69, 9.17) is 0 Å². The third-order valence-corrected chi connectivity index (χ3v) is 4.06. The van der Waals surface area contributed by atoms with Crippen LogP contribution in [0.2, 0.25) is 0 Å². The highest BCUT2D eigenvalue weighted by Gasteiger charge is 2.17. The van der Waals surface area contributed by atoms with Crippen molar-refractivity contribution in [3.05, 3.63) is 24.4 Å². The van der Waals surface area contributed by atoms with E-state index in [0.717, 1.165) is 23.9 Å². The van der Waals surface area contributed by atoms with Crippen molar-refractivity contribution in [2.24, 2.45) is 11.8 Å². The number of hydrogen-bond acceptors (Lipinski definition) is 4. The van der Waals surface area contributed by atoms with Crippen molar-refractivity contribution in [1.29, 1.82) is 0 Å². The van der Waals surface area contributed by atoms with Crippen molar-refractivity contribution in [1.82, 2.24) is 19.5 Å². The van der Waals surface area contributed by atoms with Crippen LogP contribution in [-0.4, -0.2) is 44.2 Å². The largest absolute Gasteiger partial charge is 0.341 e. The number of nitrogens with zero attached hydrogens (tertiary/aromatic N) is 4. The summed E-state index contributed by atoms with van der Waals surface area (Å²) in [5.74, 6) is 1.51. The number of rotatable bonds is 7. The highest BCUT2D eigenvalue weighted by molar-refractivity contribution is 7.99. The van der Waals surface area contributed by atoms with Crippen LogP contribution in [0.3, 0.4) is 0 Å². The van der Waals surface area contributed by atoms with Crippen molar-refractivity contribution in [3.63, 3.8) is 0 Å². The Bertz CT molecular complexity index is 613. The summed E-state index contributed by atoms with van der Waals surface area (Å²) in [5, 5.41) is 9.02. The fourth-order valence-corrected chi connectivity index (χ4v) is 3.12. The van der Waals surface area contributed by atoms with Gasteiger partial charge in [0.05, 0.1) is 5.75 Å². The summed E-state index contributed by atoms with van der Waals surface area (Å²) in [4.78, 5) is 14.5. The Morgan fingerprint density at radius 1 is 1.18 bits per heavy atom. The van der Waals surface area contributed by atoms with Gasteiger partial charge >= 0.3 is 0 Å². The van der Waals surface area contributed by atoms with Crippen molar-refractivity contribution >= 4 is 23.3 Å². The van der Waals surface area contributed by atoms with E-state index < -0.39 is 0 Å². The molecule has 0 bridgehead atoms. The molecule has 5 nitrogen and oxygen atoms in total. The van der Waals surface area contributed by atoms with Crippen LogP contribution in [0.1, 0.15) is 27.7 Å². The molecule has 0 spiro atoms. The molecule has 0 N–H and O–H groups in total. The highest BCUT2D eigenvalue weighted by atomic mass is 32.2. The van der Waals surface area contributed by atoms with Gasteiger partial charge < -0.3 is 4.90 Å². The summed E-state index contributed by atoms with van der Waals surface area (Å²) in [5.41, 5.74) is 0.804. The Hall–Kier alpha value is -1.56. The number of aromatic nitrogens is 3. The van der Waals surface area contributed by atoms with Crippen LogP contribution in [-0.2, 0) is 4.79 Å². The van der Waals surface area contributed by atoms with Crippen LogP contribution < -0.4 is 0 Å². The number of carbonyl (C=O) groups is 1. The van der Waals surface area contributed by atoms with Crippen LogP contribution in [0.15, 0.2) is 29.6 Å². The number of carbonyl (C=O) groups excluding carboxylic acids is 1. The third-order valence-electron chi connectivity index (χ3n) is 3.13. The van der Waals surface area contributed by atoms with Gasteiger partial charge in [-0.15, -0.1) is 10.2 Å². The number of pyridine rings is 1. The summed E-state index contributed by atoms with van der Waals surface area (Å²) >= 11 is 1.45. The standard InChI is InChI=1S/C16H24N4OS/c1-12(2)9-19(10-13(3)4)15(21)11-22-16-18-17-14-7-5-6-8-20(14)16/h5-8,12-13H,9-11H2,1-4H3. The maximum absolute atomic E-state index is 12.5. The van der Waals surface area contributed by atoms with Crippen LogP contribution in [0.5, 0.6) is 0 Å². The normalized spacial score (nSPS) is 11.5. The Kier molecular flexibility index (Phi) is 5.83. The Labute approximate surface area is 136 Å². The predicted molar refractivity (Wildman–Crippen MR) is 90.0 cm³/mol. The second-order valence-electron chi connectivity index (χ2n) is 6.29. The molecule has 2 rings (SSSR count). The van der Waals surface area contributed by atoms with Crippen LogP contribution in [0.4, 0.5) is 0 Å². The zero-order valence-electron chi connectivity index (χ0n) is 13.7. The average molecular weight is 320 g/mol. The maximum atomic E-state index is 12.5. The fraction of sp³-hybridized carbons (Fsp3) is 0.562. The predicted octanol–water partition coefficient (Wildman–Crippen LogP) is 2.96. The van der Waals surface area contributed by atoms with Gasteiger partial charge in [-0.05, 0) is 24.0 Å². The number of amides is 1. The van der Waals surface area contributed by atoms with Gasteiger partial charge in [0.15, 0.2) is 10.8 Å². The molecule has 2 heterocycles. The average Bonchev–Trinajstić information content (AvgIpc) is 2.86. The monoisotopic (exact) mass is 320 g/mol. The van der Waals surface area contributed by atoms with Gasteiger partial charge in [-0.25, -0.2) is 0 Å². The second-order valence-corrected chi connectivity index (χ2v) is 7.23. The van der Waals surface area contributed by atoms with Gasteiger partial charge in [0.2, 0.25) is 5.91 Å². The SMILES string of the molecule is CC(C)CN(CC(C)C)C(=O)CSc1nnc2ccccn12. The van der Waals surface area contributed by atoms with Gasteiger partial charge in [-0.2, -0.15) is 0 Å². The van der Waals surface area contributed by atoms with Crippen LogP contribution in [0, 0.1) is 11.8 Å². The lowest BCUT2D eigenvalue weighted by Crippen LogP contribution is -2.38. The topological polar surface area (TPSA) is 50.5 Å². The molecule has 120 valence electrons. The molecule has 0 saturated heterocycles. The quantitative estimate of drug-likeness (QED) is 0.736. The lowest BCUT2D eigenvalue weighted by Gasteiger charge is -2.26. The van der Waals surface area contributed by atoms with Gasteiger partial charge in [0.25, 0.3) is 0 Å². The first kappa shape index (κ1) is 16.8. The molecule has 6 heteroatoms. The first-order valence-corrected chi connectivity index (χ1v) is 8.66. The molecule has 1 amide bonds. The smallest absolute Gasteiger partial charge is 0.233 e. The maximum Gasteiger partial charge on any atom is 0.233 e. The van der Waals surface area contributed by atoms with Crippen molar-refractivity contribution in [2.45, 2.75) is 32.9 Å². The fourth-order valence-electron chi connectivity index (χ4n) is 2.30. The van der Waals surface area contributed by atoms with E-state index in [1.54, 1.807) is 0 Å². The summed E-state index contributed by atoms with van der Waals surface area (Å²) in [7, 11) is 0. The molecule has 0 aliphatic heterocycles. The molecule has 0 atom stereocenters. The summed E-state index contributed by atoms with van der Waals surface area (Å²) in [6.45, 7) is 10.2. The van der Waals surface area contributed by atoms with Crippen LogP contribution in [0.25, 0.3) is 5.65 Å². The van der Waals surface area contributed by atoms with E-state index in [1.165, 1.54) is 11.8 Å². The van der Waals surface area contributed by atoms with Crippen molar-refractivity contribution in [3.8, 4) is 0 Å². The van der Waals surface area contributed by atoms with Crippen LogP contribution >= 0.6 is 11.8 Å². The number of hydrogen-bond donors (Lipinski definition) is 0. The van der Waals surface area contributed by atoms with E-state index >= 15 is 0 Å². The van der Waals surface area contributed by atoms with Crippen molar-refractivity contribution in [2.75, 3.05) is 18.8 Å². The number of fused-ring (bicyclic) bond motifs is 1. The lowest BCUT2D eigenvalue weighted by molar-refractivity contribution is -0.129. The third kappa shape index (κ3) is 4.47.